The van der Waals surface area contributed by atoms with E-state index < -0.39 is 23.5 Å². The molecule has 3 heterocycles. The minimum absolute atomic E-state index is 0.0681. The molecule has 1 N–H and O–H groups in total. The molecule has 1 unspecified atom stereocenters. The van der Waals surface area contributed by atoms with E-state index in [-0.39, 0.29) is 11.3 Å². The van der Waals surface area contributed by atoms with Crippen molar-refractivity contribution < 1.29 is 28.6 Å². The van der Waals surface area contributed by atoms with Crippen LogP contribution >= 0.6 is 11.6 Å². The van der Waals surface area contributed by atoms with Gasteiger partial charge in [-0.15, -0.1) is 0 Å². The lowest BCUT2D eigenvalue weighted by Crippen LogP contribution is -2.31. The van der Waals surface area contributed by atoms with E-state index in [1.807, 2.05) is 0 Å². The van der Waals surface area contributed by atoms with Gasteiger partial charge in [-0.2, -0.15) is 0 Å². The van der Waals surface area contributed by atoms with Crippen LogP contribution in [0.5, 0.6) is 11.5 Å². The largest absolute Gasteiger partial charge is 0.503 e. The SMILES string of the molecule is COc1cccc(N2C(=O)C(O)=C(C(=O)c3cc4cc(Cl)cc(OC)c4o3)C2c2ccncc2)c1. The summed E-state index contributed by atoms with van der Waals surface area (Å²) in [5, 5.41) is 11.9. The Kier molecular flexibility index (Phi) is 5.66. The Morgan fingerprint density at radius 3 is 2.57 bits per heavy atom. The summed E-state index contributed by atoms with van der Waals surface area (Å²) in [6, 6.07) is 14.0. The van der Waals surface area contributed by atoms with Crippen LogP contribution in [0.2, 0.25) is 5.02 Å². The first-order valence-corrected chi connectivity index (χ1v) is 10.9. The standard InChI is InChI=1S/C26H19ClN2O6/c1-33-18-5-3-4-17(13-18)29-22(14-6-8-28-9-7-14)21(24(31)26(29)32)23(30)19-11-15-10-16(27)12-20(34-2)25(15)35-19/h3-13,22,31H,1-2H3. The molecular formula is C26H19ClN2O6. The second-order valence-corrected chi connectivity index (χ2v) is 8.22. The topological polar surface area (TPSA) is 102 Å². The van der Waals surface area contributed by atoms with Crippen LogP contribution in [-0.2, 0) is 4.79 Å². The highest BCUT2D eigenvalue weighted by atomic mass is 35.5. The van der Waals surface area contributed by atoms with Crippen molar-refractivity contribution in [3.8, 4) is 11.5 Å². The number of ether oxygens (including phenoxy) is 2. The molecular weight excluding hydrogens is 472 g/mol. The summed E-state index contributed by atoms with van der Waals surface area (Å²) in [5.74, 6) is -1.22. The number of carbonyl (C=O) groups is 2. The van der Waals surface area contributed by atoms with Gasteiger partial charge in [-0.05, 0) is 42.0 Å². The highest BCUT2D eigenvalue weighted by Crippen LogP contribution is 2.43. The molecule has 0 fully saturated rings. The fraction of sp³-hybridized carbons (Fsp3) is 0.115. The van der Waals surface area contributed by atoms with Crippen LogP contribution in [-0.4, -0.2) is 36.0 Å². The number of benzene rings is 2. The van der Waals surface area contributed by atoms with Crippen LogP contribution in [0.25, 0.3) is 11.0 Å². The summed E-state index contributed by atoms with van der Waals surface area (Å²) in [6.07, 6.45) is 3.10. The lowest BCUT2D eigenvalue weighted by atomic mass is 9.95. The van der Waals surface area contributed by atoms with E-state index in [4.69, 9.17) is 25.5 Å². The van der Waals surface area contributed by atoms with Crippen LogP contribution in [0, 0.1) is 0 Å². The third kappa shape index (κ3) is 3.77. The van der Waals surface area contributed by atoms with Gasteiger partial charge in [0.2, 0.25) is 5.78 Å². The number of methoxy groups -OCH3 is 2. The zero-order valence-electron chi connectivity index (χ0n) is 18.7. The molecule has 0 bridgehead atoms. The molecule has 9 heteroatoms. The highest BCUT2D eigenvalue weighted by molar-refractivity contribution is 6.31. The molecule has 0 aliphatic carbocycles. The monoisotopic (exact) mass is 490 g/mol. The second-order valence-electron chi connectivity index (χ2n) is 7.79. The Morgan fingerprint density at radius 1 is 1.09 bits per heavy atom. The molecule has 4 aromatic rings. The van der Waals surface area contributed by atoms with Crippen LogP contribution in [0.1, 0.15) is 22.2 Å². The van der Waals surface area contributed by atoms with Gasteiger partial charge in [0.25, 0.3) is 5.91 Å². The molecule has 1 amide bonds. The fourth-order valence-corrected chi connectivity index (χ4v) is 4.42. The van der Waals surface area contributed by atoms with Gasteiger partial charge in [0.05, 0.1) is 25.8 Å². The molecule has 2 aromatic heterocycles. The molecule has 1 aliphatic heterocycles. The third-order valence-corrected chi connectivity index (χ3v) is 6.01. The minimum atomic E-state index is -0.927. The number of rotatable bonds is 6. The molecule has 0 saturated heterocycles. The molecule has 1 atom stereocenters. The van der Waals surface area contributed by atoms with Gasteiger partial charge >= 0.3 is 0 Å². The first kappa shape index (κ1) is 22.5. The van der Waals surface area contributed by atoms with Gasteiger partial charge in [0, 0.05) is 40.6 Å². The van der Waals surface area contributed by atoms with E-state index in [0.717, 1.165) is 0 Å². The molecule has 0 spiro atoms. The number of aliphatic hydroxyl groups excluding tert-OH is 1. The molecule has 1 aliphatic rings. The van der Waals surface area contributed by atoms with E-state index >= 15 is 0 Å². The lowest BCUT2D eigenvalue weighted by molar-refractivity contribution is -0.117. The maximum Gasteiger partial charge on any atom is 0.294 e. The van der Waals surface area contributed by atoms with Gasteiger partial charge in [-0.25, -0.2) is 0 Å². The van der Waals surface area contributed by atoms with Crippen molar-refractivity contribution in [3.63, 3.8) is 0 Å². The number of pyridine rings is 1. The molecule has 0 radical (unpaired) electrons. The minimum Gasteiger partial charge on any atom is -0.503 e. The normalized spacial score (nSPS) is 15.7. The summed E-state index contributed by atoms with van der Waals surface area (Å²) in [6.45, 7) is 0. The Hall–Kier alpha value is -4.30. The molecule has 5 rings (SSSR count). The fourth-order valence-electron chi connectivity index (χ4n) is 4.21. The summed E-state index contributed by atoms with van der Waals surface area (Å²) in [7, 11) is 2.97. The molecule has 35 heavy (non-hydrogen) atoms. The first-order valence-electron chi connectivity index (χ1n) is 10.6. The predicted molar refractivity (Wildman–Crippen MR) is 129 cm³/mol. The smallest absolute Gasteiger partial charge is 0.294 e. The predicted octanol–water partition coefficient (Wildman–Crippen LogP) is 5.28. The van der Waals surface area contributed by atoms with Gasteiger partial charge in [0.15, 0.2) is 22.9 Å². The summed E-state index contributed by atoms with van der Waals surface area (Å²) < 4.78 is 16.4. The average Bonchev–Trinajstić information content (AvgIpc) is 3.42. The Balaban J connectivity index is 1.66. The number of fused-ring (bicyclic) bond motifs is 1. The molecule has 176 valence electrons. The Bertz CT molecular complexity index is 1490. The molecule has 0 saturated carbocycles. The van der Waals surface area contributed by atoms with Gasteiger partial charge in [-0.3, -0.25) is 19.5 Å². The van der Waals surface area contributed by atoms with E-state index in [2.05, 4.69) is 4.98 Å². The number of Topliss-reactive ketones (excluding diaryl/α,β-unsaturated/α-hetero) is 1. The van der Waals surface area contributed by atoms with E-state index in [9.17, 15) is 14.7 Å². The average molecular weight is 491 g/mol. The van der Waals surface area contributed by atoms with Gasteiger partial charge in [-0.1, -0.05) is 17.7 Å². The van der Waals surface area contributed by atoms with E-state index in [1.54, 1.807) is 60.9 Å². The number of nitrogens with zero attached hydrogens (tertiary/aromatic N) is 2. The zero-order valence-corrected chi connectivity index (χ0v) is 19.4. The number of hydrogen-bond acceptors (Lipinski definition) is 7. The summed E-state index contributed by atoms with van der Waals surface area (Å²) in [4.78, 5) is 32.4. The van der Waals surface area contributed by atoms with Crippen LogP contribution in [0.15, 0.2) is 82.7 Å². The van der Waals surface area contributed by atoms with Crippen molar-refractivity contribution in [2.75, 3.05) is 19.1 Å². The second kappa shape index (κ2) is 8.81. The maximum absolute atomic E-state index is 13.7. The van der Waals surface area contributed by atoms with Gasteiger partial charge in [0.1, 0.15) is 5.75 Å². The van der Waals surface area contributed by atoms with Crippen molar-refractivity contribution >= 4 is 39.9 Å². The summed E-state index contributed by atoms with van der Waals surface area (Å²) >= 11 is 6.15. The number of carbonyl (C=O) groups excluding carboxylic acids is 2. The number of halogens is 1. The van der Waals surface area contributed by atoms with Gasteiger partial charge < -0.3 is 19.0 Å². The number of amides is 1. The van der Waals surface area contributed by atoms with Crippen molar-refractivity contribution in [3.05, 3.63) is 94.7 Å². The quantitative estimate of drug-likeness (QED) is 0.367. The number of aliphatic hydroxyl groups is 1. The molecule has 8 nitrogen and oxygen atoms in total. The highest BCUT2D eigenvalue weighted by Gasteiger charge is 2.45. The van der Waals surface area contributed by atoms with Crippen LogP contribution in [0.3, 0.4) is 0 Å². The molecule has 2 aromatic carbocycles. The maximum atomic E-state index is 13.7. The van der Waals surface area contributed by atoms with Crippen LogP contribution in [0.4, 0.5) is 5.69 Å². The number of ketones is 1. The Morgan fingerprint density at radius 2 is 1.86 bits per heavy atom. The number of aromatic nitrogens is 1. The number of anilines is 1. The van der Waals surface area contributed by atoms with Crippen molar-refractivity contribution in [2.45, 2.75) is 6.04 Å². The van der Waals surface area contributed by atoms with E-state index in [1.165, 1.54) is 25.2 Å². The van der Waals surface area contributed by atoms with Crippen molar-refractivity contribution in [1.29, 1.82) is 0 Å². The Labute approximate surface area is 205 Å². The summed E-state index contributed by atoms with van der Waals surface area (Å²) in [5.41, 5.74) is 1.24. The lowest BCUT2D eigenvalue weighted by Gasteiger charge is -2.26. The zero-order chi connectivity index (χ0) is 24.7. The van der Waals surface area contributed by atoms with Crippen molar-refractivity contribution in [2.24, 2.45) is 0 Å². The first-order chi connectivity index (χ1) is 16.9. The van der Waals surface area contributed by atoms with E-state index in [0.29, 0.717) is 38.7 Å². The number of furan rings is 1. The van der Waals surface area contributed by atoms with Crippen LogP contribution < -0.4 is 14.4 Å². The number of hydrogen-bond donors (Lipinski definition) is 1. The van der Waals surface area contributed by atoms with Crippen molar-refractivity contribution in [1.82, 2.24) is 4.98 Å². The third-order valence-electron chi connectivity index (χ3n) is 5.80.